The number of hydrogen-bond acceptors (Lipinski definition) is 3. The summed E-state index contributed by atoms with van der Waals surface area (Å²) in [6.07, 6.45) is 6.38. The minimum Gasteiger partial charge on any atom is -0.481 e. The van der Waals surface area contributed by atoms with Crippen LogP contribution >= 0.6 is 0 Å². The molecule has 3 unspecified atom stereocenters. The molecule has 1 saturated carbocycles. The number of carbonyl (C=O) groups is 2. The zero-order valence-electron chi connectivity index (χ0n) is 19.6. The van der Waals surface area contributed by atoms with E-state index in [1.54, 1.807) is 6.07 Å². The number of carbonyl (C=O) groups excluding carboxylic acids is 1. The van der Waals surface area contributed by atoms with Crippen molar-refractivity contribution in [1.82, 2.24) is 9.88 Å². The van der Waals surface area contributed by atoms with E-state index in [-0.39, 0.29) is 23.8 Å². The van der Waals surface area contributed by atoms with E-state index in [1.807, 2.05) is 29.3 Å². The summed E-state index contributed by atoms with van der Waals surface area (Å²) in [5, 5.41) is 10.6. The predicted molar refractivity (Wildman–Crippen MR) is 127 cm³/mol. The van der Waals surface area contributed by atoms with Crippen LogP contribution in [-0.4, -0.2) is 39.5 Å². The smallest absolute Gasteiger partial charge is 0.306 e. The molecule has 180 valence electrons. The van der Waals surface area contributed by atoms with E-state index < -0.39 is 17.4 Å². The van der Waals surface area contributed by atoms with Crippen LogP contribution in [0, 0.1) is 17.8 Å². The molecule has 0 radical (unpaired) electrons. The molecule has 1 amide bonds. The molecule has 2 N–H and O–H groups in total. The Morgan fingerprint density at radius 2 is 2.00 bits per heavy atom. The standard InChI is InChI=1S/C27H31FN2O4/c1-27(2,14-24(31)30-13-5-8-16-17(26(32)33)6-4-10-21(16)30)19-15-29-20-9-3-7-18(25(19)20)22-11-12-23(28)34-22/h3,7,9,11-12,15-17,21,29H,4-6,8,10,13-14H2,1-2H3,(H,32,33). The number of hydrogen-bond donors (Lipinski definition) is 2. The lowest BCUT2D eigenvalue weighted by molar-refractivity contribution is -0.152. The molecule has 0 bridgehead atoms. The Morgan fingerprint density at radius 3 is 2.74 bits per heavy atom. The molecule has 2 aromatic heterocycles. The van der Waals surface area contributed by atoms with Gasteiger partial charge in [-0.05, 0) is 49.3 Å². The van der Waals surface area contributed by atoms with Gasteiger partial charge in [-0.1, -0.05) is 32.4 Å². The number of aliphatic carboxylic acids is 1. The largest absolute Gasteiger partial charge is 0.481 e. The number of nitrogens with zero attached hydrogens (tertiary/aromatic N) is 1. The first-order chi connectivity index (χ1) is 16.3. The third-order valence-corrected chi connectivity index (χ3v) is 7.87. The number of H-pyrrole nitrogens is 1. The molecule has 3 heterocycles. The van der Waals surface area contributed by atoms with Gasteiger partial charge in [0.1, 0.15) is 5.76 Å². The van der Waals surface area contributed by atoms with E-state index in [0.717, 1.165) is 47.7 Å². The summed E-state index contributed by atoms with van der Waals surface area (Å²) in [6.45, 7) is 4.79. The molecule has 2 aliphatic rings. The Kier molecular flexibility index (Phi) is 5.74. The minimum absolute atomic E-state index is 0.0107. The molecule has 1 aliphatic heterocycles. The number of rotatable bonds is 5. The second-order valence-corrected chi connectivity index (χ2v) is 10.4. The van der Waals surface area contributed by atoms with Crippen LogP contribution < -0.4 is 0 Å². The van der Waals surface area contributed by atoms with Crippen molar-refractivity contribution in [2.45, 2.75) is 63.8 Å². The quantitative estimate of drug-likeness (QED) is 0.503. The third-order valence-electron chi connectivity index (χ3n) is 7.87. The summed E-state index contributed by atoms with van der Waals surface area (Å²) in [7, 11) is 0. The first kappa shape index (κ1) is 22.7. The van der Waals surface area contributed by atoms with E-state index in [2.05, 4.69) is 18.8 Å². The van der Waals surface area contributed by atoms with Gasteiger partial charge in [0.05, 0.1) is 5.92 Å². The predicted octanol–water partition coefficient (Wildman–Crippen LogP) is 5.73. The van der Waals surface area contributed by atoms with Crippen LogP contribution in [0.25, 0.3) is 22.2 Å². The molecule has 1 saturated heterocycles. The highest BCUT2D eigenvalue weighted by atomic mass is 19.1. The maximum atomic E-state index is 13.6. The van der Waals surface area contributed by atoms with Gasteiger partial charge in [0.25, 0.3) is 6.01 Å². The normalized spacial score (nSPS) is 23.1. The van der Waals surface area contributed by atoms with Crippen molar-refractivity contribution in [1.29, 1.82) is 0 Å². The van der Waals surface area contributed by atoms with E-state index in [4.69, 9.17) is 4.42 Å². The number of benzene rings is 1. The summed E-state index contributed by atoms with van der Waals surface area (Å²) in [5.41, 5.74) is 2.17. The van der Waals surface area contributed by atoms with Gasteiger partial charge in [0.2, 0.25) is 5.91 Å². The van der Waals surface area contributed by atoms with Gasteiger partial charge < -0.3 is 19.4 Å². The van der Waals surface area contributed by atoms with Crippen molar-refractivity contribution in [2.75, 3.05) is 6.54 Å². The lowest BCUT2D eigenvalue weighted by Gasteiger charge is -2.47. The number of furan rings is 1. The van der Waals surface area contributed by atoms with Crippen LogP contribution in [0.5, 0.6) is 0 Å². The summed E-state index contributed by atoms with van der Waals surface area (Å²) in [6, 6.07) is 8.06. The second kappa shape index (κ2) is 8.60. The van der Waals surface area contributed by atoms with Crippen molar-refractivity contribution in [3.63, 3.8) is 0 Å². The Hall–Kier alpha value is -3.09. The van der Waals surface area contributed by atoms with Crippen molar-refractivity contribution >= 4 is 22.8 Å². The number of carboxylic acids is 1. The van der Waals surface area contributed by atoms with Gasteiger partial charge >= 0.3 is 5.97 Å². The van der Waals surface area contributed by atoms with Gasteiger partial charge in [-0.3, -0.25) is 9.59 Å². The number of aromatic nitrogens is 1. The topological polar surface area (TPSA) is 86.5 Å². The van der Waals surface area contributed by atoms with Gasteiger partial charge in [0, 0.05) is 53.2 Å². The summed E-state index contributed by atoms with van der Waals surface area (Å²) >= 11 is 0. The average molecular weight is 467 g/mol. The van der Waals surface area contributed by atoms with Crippen LogP contribution in [0.2, 0.25) is 0 Å². The minimum atomic E-state index is -0.731. The Morgan fingerprint density at radius 1 is 1.18 bits per heavy atom. The Bertz CT molecular complexity index is 1230. The maximum Gasteiger partial charge on any atom is 0.306 e. The summed E-state index contributed by atoms with van der Waals surface area (Å²) in [4.78, 5) is 30.7. The van der Waals surface area contributed by atoms with Gasteiger partial charge in [-0.2, -0.15) is 4.39 Å². The maximum absolute atomic E-state index is 13.6. The number of piperidine rings is 1. The van der Waals surface area contributed by atoms with Gasteiger partial charge in [-0.15, -0.1) is 0 Å². The number of carboxylic acid groups (broad SMARTS) is 1. The number of fused-ring (bicyclic) bond motifs is 2. The van der Waals surface area contributed by atoms with E-state index in [0.29, 0.717) is 25.1 Å². The van der Waals surface area contributed by atoms with Crippen molar-refractivity contribution < 1.29 is 23.5 Å². The number of aromatic amines is 1. The Balaban J connectivity index is 1.44. The molecular weight excluding hydrogens is 435 g/mol. The number of nitrogens with one attached hydrogen (secondary N) is 1. The number of amides is 1. The molecule has 5 rings (SSSR count). The first-order valence-corrected chi connectivity index (χ1v) is 12.1. The molecule has 3 aromatic rings. The highest BCUT2D eigenvalue weighted by Crippen LogP contribution is 2.42. The fraction of sp³-hybridized carbons (Fsp3) is 0.481. The Labute approximate surface area is 198 Å². The fourth-order valence-electron chi connectivity index (χ4n) is 6.26. The number of halogens is 1. The fourth-order valence-corrected chi connectivity index (χ4v) is 6.26. The van der Waals surface area contributed by atoms with Crippen molar-refractivity contribution in [2.24, 2.45) is 11.8 Å². The molecule has 7 heteroatoms. The van der Waals surface area contributed by atoms with Crippen molar-refractivity contribution in [3.8, 4) is 11.3 Å². The second-order valence-electron chi connectivity index (χ2n) is 10.4. The third kappa shape index (κ3) is 3.91. The molecule has 34 heavy (non-hydrogen) atoms. The highest BCUT2D eigenvalue weighted by Gasteiger charge is 2.44. The van der Waals surface area contributed by atoms with Gasteiger partial charge in [-0.25, -0.2) is 0 Å². The highest BCUT2D eigenvalue weighted by molar-refractivity contribution is 5.97. The molecular formula is C27H31FN2O4. The molecule has 6 nitrogen and oxygen atoms in total. The molecule has 1 aromatic carbocycles. The van der Waals surface area contributed by atoms with Crippen LogP contribution in [0.4, 0.5) is 4.39 Å². The monoisotopic (exact) mass is 466 g/mol. The molecule has 3 atom stereocenters. The zero-order valence-corrected chi connectivity index (χ0v) is 19.6. The summed E-state index contributed by atoms with van der Waals surface area (Å²) < 4.78 is 18.9. The van der Waals surface area contributed by atoms with Gasteiger partial charge in [0.15, 0.2) is 0 Å². The summed E-state index contributed by atoms with van der Waals surface area (Å²) in [5.74, 6) is -0.522. The van der Waals surface area contributed by atoms with E-state index in [9.17, 15) is 19.1 Å². The average Bonchev–Trinajstić information content (AvgIpc) is 3.44. The van der Waals surface area contributed by atoms with Crippen LogP contribution in [-0.2, 0) is 15.0 Å². The van der Waals surface area contributed by atoms with Crippen LogP contribution in [0.15, 0.2) is 40.9 Å². The number of likely N-dealkylation sites (tertiary alicyclic amines) is 1. The SMILES string of the molecule is CC(C)(CC(=O)N1CCCC2C(C(=O)O)CCCC21)c1c[nH]c2cccc(-c3ccc(F)o3)c12. The lowest BCUT2D eigenvalue weighted by atomic mass is 9.70. The van der Waals surface area contributed by atoms with Crippen molar-refractivity contribution in [3.05, 3.63) is 48.1 Å². The van der Waals surface area contributed by atoms with E-state index in [1.165, 1.54) is 6.07 Å². The first-order valence-electron chi connectivity index (χ1n) is 12.1. The molecule has 1 aliphatic carbocycles. The molecule has 0 spiro atoms. The lowest BCUT2D eigenvalue weighted by Crippen LogP contribution is -2.54. The van der Waals surface area contributed by atoms with Crippen LogP contribution in [0.3, 0.4) is 0 Å². The zero-order chi connectivity index (χ0) is 24.0. The molecule has 2 fully saturated rings. The van der Waals surface area contributed by atoms with E-state index >= 15 is 0 Å². The van der Waals surface area contributed by atoms with Crippen LogP contribution in [0.1, 0.15) is 57.9 Å².